The van der Waals surface area contributed by atoms with Crippen LogP contribution in [-0.2, 0) is 101 Å². The molecule has 4 aromatic rings. The van der Waals surface area contributed by atoms with Crippen molar-refractivity contribution < 1.29 is 91.7 Å². The number of aliphatic hydroxyl groups is 1. The predicted octanol–water partition coefficient (Wildman–Crippen LogP) is 3.11. The van der Waals surface area contributed by atoms with Crippen molar-refractivity contribution in [2.24, 2.45) is 29.2 Å². The predicted molar refractivity (Wildman–Crippen MR) is 468 cm³/mol. The van der Waals surface area contributed by atoms with Gasteiger partial charge in [0.2, 0.25) is 88.6 Å². The Hall–Kier alpha value is -11.9. The number of nitrogens with one attached hydrogen (secondary N) is 14. The monoisotopic (exact) mass is 1740 g/mol. The molecular formula is C90H132N16O19. The van der Waals surface area contributed by atoms with Gasteiger partial charge in [-0.15, -0.1) is 0 Å². The molecular weight excluding hydrogens is 1610 g/mol. The summed E-state index contributed by atoms with van der Waals surface area (Å²) < 4.78 is 0. The number of hydrogen-bond acceptors (Lipinski definition) is 19. The second-order valence-corrected chi connectivity index (χ2v) is 34.5. The summed E-state index contributed by atoms with van der Waals surface area (Å²) in [4.78, 5) is 242. The quantitative estimate of drug-likeness (QED) is 0.0312. The van der Waals surface area contributed by atoms with Gasteiger partial charge in [-0.1, -0.05) is 120 Å². The van der Waals surface area contributed by atoms with Gasteiger partial charge in [-0.3, -0.25) is 81.5 Å². The zero-order valence-electron chi connectivity index (χ0n) is 74.5. The van der Waals surface area contributed by atoms with E-state index in [1.54, 1.807) is 74.6 Å². The summed E-state index contributed by atoms with van der Waals surface area (Å²) in [7, 11) is 0. The van der Waals surface area contributed by atoms with E-state index in [1.807, 2.05) is 26.0 Å². The van der Waals surface area contributed by atoms with Crippen LogP contribution < -0.4 is 80.6 Å². The Kier molecular flexibility index (Phi) is 41.1. The van der Waals surface area contributed by atoms with Crippen molar-refractivity contribution in [3.05, 3.63) is 114 Å². The van der Waals surface area contributed by atoms with E-state index in [0.717, 1.165) is 0 Å². The van der Waals surface area contributed by atoms with Crippen LogP contribution in [0.5, 0.6) is 5.75 Å². The number of aromatic hydroxyl groups is 1. The van der Waals surface area contributed by atoms with Gasteiger partial charge in [0, 0.05) is 74.9 Å². The Balaban J connectivity index is 1.58. The van der Waals surface area contributed by atoms with E-state index in [4.69, 9.17) is 11.5 Å². The highest BCUT2D eigenvalue weighted by Crippen LogP contribution is 2.27. The number of phenolic OH excluding ortho intramolecular Hbond substituents is 1. The Morgan fingerprint density at radius 1 is 0.560 bits per heavy atom. The number of para-hydroxylation sites is 1. The standard InChI is InChI=1S/C90H132N16O19/c1-51(2)44-62-48-72(111)67(40-41-73(91)112)100-78(116)56(8)98-87(125)90(14,49-63-50-93-66-33-26-25-32-65(63)66)106-83(121)69(47-61-36-38-64(109)39-37-61)101-79(117)57(9)97-86(124)89(13,105-82(120)70(46-60-30-23-22-24-31-60)102-84(122)75(58(10)107)103-81(119)68(45-52(3)4)99-59(11)108)43-28-21-19-17-15-16-18-20-27-42-88(12,104-80(62)118)85(123)96-55(7)77(115)95-53(5)71(110)34-29-35-74(113)94-54(6)76(92)114/h16,18,22-26,30-33,36-39,50-58,62,67-70,75,93,107,109H,15,17,19-21,27-29,34-35,40-49H2,1-14H3,(H2,91,112)(H2,92,114)(H,94,113)(H,95,115)(H,96,123)(H,97,124)(H,98,125)(H,99,108)(H,100,116)(H,101,117)(H,102,122)(H,103,119)(H,104,118)(H,105,120)(H,106,121)/b18-16+/t53?,54?,55?,56?,57-,58+,62+,67-,68-,69-,70-,75-,88-,89+,90-/m0/s1. The summed E-state index contributed by atoms with van der Waals surface area (Å²) in [5.41, 5.74) is 7.26. The maximum Gasteiger partial charge on any atom is 0.246 e. The molecule has 35 nitrogen and oxygen atoms in total. The highest BCUT2D eigenvalue weighted by atomic mass is 16.3. The number of benzene rings is 3. The Morgan fingerprint density at radius 3 is 1.79 bits per heavy atom. The van der Waals surface area contributed by atoms with Gasteiger partial charge in [-0.25, -0.2) is 0 Å². The summed E-state index contributed by atoms with van der Waals surface area (Å²) in [6.07, 6.45) is 4.91. The van der Waals surface area contributed by atoms with Crippen LogP contribution in [0.2, 0.25) is 0 Å². The molecule has 0 spiro atoms. The molecule has 1 aliphatic heterocycles. The molecule has 2 heterocycles. The van der Waals surface area contributed by atoms with E-state index < -0.39 is 202 Å². The topological polar surface area (TPSA) is 555 Å². The number of rotatable bonds is 32. The first-order valence-electron chi connectivity index (χ1n) is 43.0. The Morgan fingerprint density at radius 2 is 1.18 bits per heavy atom. The minimum Gasteiger partial charge on any atom is -0.508 e. The number of aliphatic hydroxyl groups excluding tert-OH is 1. The minimum absolute atomic E-state index is 0.0373. The van der Waals surface area contributed by atoms with Gasteiger partial charge >= 0.3 is 0 Å². The Labute approximate surface area is 730 Å². The number of H-pyrrole nitrogens is 1. The molecule has 4 unspecified atom stereocenters. The van der Waals surface area contributed by atoms with Crippen LogP contribution >= 0.6 is 0 Å². The van der Waals surface area contributed by atoms with E-state index in [2.05, 4.69) is 74.1 Å². The number of primary amides is 2. The molecule has 15 atom stereocenters. The van der Waals surface area contributed by atoms with Gasteiger partial charge in [0.25, 0.3) is 0 Å². The molecule has 20 N–H and O–H groups in total. The fourth-order valence-corrected chi connectivity index (χ4v) is 14.4. The lowest BCUT2D eigenvalue weighted by Crippen LogP contribution is -2.65. The van der Waals surface area contributed by atoms with Gasteiger partial charge < -0.3 is 95.8 Å². The SMILES string of the molecule is CC(=O)N[C@@H](CC(C)C)C(=O)N[C@H](C(=O)N[C@@H](Cc1ccccc1)C(=O)N[C@]1(C)CCCCCC/C=C/CCC[C@@](C)(C(=O)NC(C)C(=O)NC(C)C(=O)CCCC(=O)NC(C)C(N)=O)NC(=O)[C@H](CC(C)C)CC(=O)[C@H](CCC(N)=O)NC(=O)C(C)NC(=O)[C@](C)(Cc2c[nH]c3ccccc23)NC(=O)[C@H](Cc2ccc(O)cc2)NC(=O)[C@H](C)NC1=O)[C@@H](C)O. The molecule has 1 aromatic heterocycles. The molecule has 0 bridgehead atoms. The smallest absolute Gasteiger partial charge is 0.246 e. The van der Waals surface area contributed by atoms with Crippen LogP contribution in [0.1, 0.15) is 223 Å². The number of amides is 15. The first-order chi connectivity index (χ1) is 58.7. The van der Waals surface area contributed by atoms with Crippen LogP contribution in [0.3, 0.4) is 0 Å². The van der Waals surface area contributed by atoms with Gasteiger partial charge in [0.15, 0.2) is 11.6 Å². The summed E-state index contributed by atoms with van der Waals surface area (Å²) in [5.74, 6) is -15.1. The maximum atomic E-state index is 15.4. The molecule has 15 amide bonds. The number of allylic oxidation sites excluding steroid dienone is 2. The number of carbonyl (C=O) groups is 17. The normalized spacial score (nSPS) is 23.0. The average Bonchev–Trinajstić information content (AvgIpc) is 1.74. The van der Waals surface area contributed by atoms with Crippen molar-refractivity contribution in [3.63, 3.8) is 0 Å². The summed E-state index contributed by atoms with van der Waals surface area (Å²) in [6, 6.07) is 7.63. The molecule has 686 valence electrons. The van der Waals surface area contributed by atoms with Crippen molar-refractivity contribution >= 4 is 111 Å². The summed E-state index contributed by atoms with van der Waals surface area (Å²) in [5, 5.41) is 56.9. The molecule has 0 saturated heterocycles. The molecule has 0 radical (unpaired) electrons. The van der Waals surface area contributed by atoms with E-state index >= 15 is 19.2 Å². The fourth-order valence-electron chi connectivity index (χ4n) is 14.4. The van der Waals surface area contributed by atoms with Crippen LogP contribution in [0.25, 0.3) is 10.9 Å². The van der Waals surface area contributed by atoms with Gasteiger partial charge in [-0.2, -0.15) is 0 Å². The van der Waals surface area contributed by atoms with Crippen LogP contribution in [0.15, 0.2) is 97.2 Å². The number of ketones is 2. The first-order valence-corrected chi connectivity index (χ1v) is 43.0. The van der Waals surface area contributed by atoms with E-state index in [0.29, 0.717) is 59.7 Å². The van der Waals surface area contributed by atoms with Gasteiger partial charge in [-0.05, 0) is 173 Å². The van der Waals surface area contributed by atoms with Crippen molar-refractivity contribution in [1.82, 2.24) is 74.1 Å². The zero-order chi connectivity index (χ0) is 93.2. The summed E-state index contributed by atoms with van der Waals surface area (Å²) >= 11 is 0. The number of hydrogen-bond donors (Lipinski definition) is 18. The third-order valence-corrected chi connectivity index (χ3v) is 22.0. The number of fused-ring (bicyclic) bond motifs is 1. The van der Waals surface area contributed by atoms with E-state index in [-0.39, 0.29) is 101 Å². The molecule has 125 heavy (non-hydrogen) atoms. The first kappa shape index (κ1) is 104. The average molecular weight is 1740 g/mol. The molecule has 0 saturated carbocycles. The number of phenols is 1. The second-order valence-electron chi connectivity index (χ2n) is 34.5. The van der Waals surface area contributed by atoms with Crippen LogP contribution in [0.4, 0.5) is 0 Å². The van der Waals surface area contributed by atoms with Crippen molar-refractivity contribution in [1.29, 1.82) is 0 Å². The molecule has 1 aliphatic rings. The van der Waals surface area contributed by atoms with E-state index in [1.165, 1.54) is 93.5 Å². The molecule has 0 fully saturated rings. The van der Waals surface area contributed by atoms with Crippen molar-refractivity contribution in [2.75, 3.05) is 0 Å². The minimum atomic E-state index is -2.04. The number of aromatic nitrogens is 1. The zero-order valence-corrected chi connectivity index (χ0v) is 74.5. The lowest BCUT2D eigenvalue weighted by molar-refractivity contribution is -0.139. The van der Waals surface area contributed by atoms with E-state index in [9.17, 15) is 72.5 Å². The maximum absolute atomic E-state index is 15.4. The highest BCUT2D eigenvalue weighted by molar-refractivity contribution is 6.02. The molecule has 5 rings (SSSR count). The molecule has 35 heteroatoms. The van der Waals surface area contributed by atoms with Gasteiger partial charge in [0.1, 0.15) is 70.7 Å². The lowest BCUT2D eigenvalue weighted by Gasteiger charge is -2.34. The number of aromatic amines is 1. The number of nitrogens with two attached hydrogens (primary N) is 2. The third-order valence-electron chi connectivity index (χ3n) is 22.0. The molecule has 3 aromatic carbocycles. The van der Waals surface area contributed by atoms with Crippen LogP contribution in [-0.4, -0.2) is 199 Å². The molecule has 0 aliphatic carbocycles. The van der Waals surface area contributed by atoms with Crippen molar-refractivity contribution in [3.8, 4) is 5.75 Å². The van der Waals surface area contributed by atoms with Crippen molar-refractivity contribution in [2.45, 2.75) is 308 Å². The summed E-state index contributed by atoms with van der Waals surface area (Å²) in [6.45, 7) is 20.9. The van der Waals surface area contributed by atoms with Gasteiger partial charge in [0.05, 0.1) is 18.2 Å². The largest absolute Gasteiger partial charge is 0.508 e. The Bertz CT molecular complexity index is 4460. The number of carbonyl (C=O) groups excluding carboxylic acids is 17. The van der Waals surface area contributed by atoms with Crippen LogP contribution in [0, 0.1) is 17.8 Å². The number of Topliss-reactive ketones (excluding diaryl/α,β-unsaturated/α-hetero) is 2. The fraction of sp³-hybridized carbons (Fsp3) is 0.567. The lowest BCUT2D eigenvalue weighted by atomic mass is 9.86. The second kappa shape index (κ2) is 49.5. The highest BCUT2D eigenvalue weighted by Gasteiger charge is 2.44. The third kappa shape index (κ3) is 34.3.